The van der Waals surface area contributed by atoms with Crippen LogP contribution in [0.3, 0.4) is 0 Å². The lowest BCUT2D eigenvalue weighted by Crippen LogP contribution is -2.44. The Kier molecular flexibility index (Phi) is 3.62. The summed E-state index contributed by atoms with van der Waals surface area (Å²) in [5.74, 6) is 0.298. The van der Waals surface area contributed by atoms with Crippen molar-refractivity contribution in [3.8, 4) is 0 Å². The Balaban J connectivity index is 1.73. The first-order valence-electron chi connectivity index (χ1n) is 7.06. The van der Waals surface area contributed by atoms with Gasteiger partial charge in [-0.3, -0.25) is 0 Å². The summed E-state index contributed by atoms with van der Waals surface area (Å²) in [6.07, 6.45) is 0.690. The van der Waals surface area contributed by atoms with E-state index in [0.29, 0.717) is 19.1 Å². The summed E-state index contributed by atoms with van der Waals surface area (Å²) >= 11 is 0. The molecule has 1 saturated heterocycles. The summed E-state index contributed by atoms with van der Waals surface area (Å²) in [5, 5.41) is 10.4. The third kappa shape index (κ3) is 2.55. The van der Waals surface area contributed by atoms with Crippen molar-refractivity contribution < 1.29 is 9.84 Å². The van der Waals surface area contributed by atoms with Crippen LogP contribution >= 0.6 is 0 Å². The van der Waals surface area contributed by atoms with Crippen molar-refractivity contribution in [3.05, 3.63) is 24.3 Å². The number of aliphatic hydroxyl groups is 1. The highest BCUT2D eigenvalue weighted by molar-refractivity contribution is 5.73. The van der Waals surface area contributed by atoms with Gasteiger partial charge in [0.15, 0.2) is 0 Å². The molecule has 4 nitrogen and oxygen atoms in total. The molecule has 19 heavy (non-hydrogen) atoms. The normalized spacial score (nSPS) is 24.4. The molecule has 0 bridgehead atoms. The number of hydrogen-bond acceptors (Lipinski definition) is 4. The standard InChI is InChI=1S/C15H22N2O2/c1-16-7-8-17(14-5-3-2-4-13(14)16)10-15(18)12-6-9-19-11-12/h2-5,12,15,18H,6-11H2,1H3. The van der Waals surface area contributed by atoms with E-state index in [1.54, 1.807) is 0 Å². The second-order valence-corrected chi connectivity index (χ2v) is 5.55. The van der Waals surface area contributed by atoms with Crippen LogP contribution in [0.1, 0.15) is 6.42 Å². The van der Waals surface area contributed by atoms with Crippen molar-refractivity contribution in [3.63, 3.8) is 0 Å². The van der Waals surface area contributed by atoms with Gasteiger partial charge in [-0.05, 0) is 18.6 Å². The molecule has 4 heteroatoms. The molecular formula is C15H22N2O2. The van der Waals surface area contributed by atoms with Crippen LogP contribution in [0.2, 0.25) is 0 Å². The number of hydrogen-bond donors (Lipinski definition) is 1. The average Bonchev–Trinajstić information content (AvgIpc) is 2.96. The maximum Gasteiger partial charge on any atom is 0.0766 e. The van der Waals surface area contributed by atoms with Crippen molar-refractivity contribution >= 4 is 11.4 Å². The van der Waals surface area contributed by atoms with E-state index in [-0.39, 0.29) is 6.10 Å². The highest BCUT2D eigenvalue weighted by Crippen LogP contribution is 2.32. The summed E-state index contributed by atoms with van der Waals surface area (Å²) < 4.78 is 5.37. The molecule has 1 fully saturated rings. The van der Waals surface area contributed by atoms with E-state index >= 15 is 0 Å². The van der Waals surface area contributed by atoms with E-state index in [1.165, 1.54) is 11.4 Å². The van der Waals surface area contributed by atoms with Crippen LogP contribution in [0.5, 0.6) is 0 Å². The van der Waals surface area contributed by atoms with Gasteiger partial charge in [-0.2, -0.15) is 0 Å². The Morgan fingerprint density at radius 3 is 2.84 bits per heavy atom. The minimum Gasteiger partial charge on any atom is -0.391 e. The molecule has 2 heterocycles. The predicted octanol–water partition coefficient (Wildman–Crippen LogP) is 1.34. The Labute approximate surface area is 114 Å². The van der Waals surface area contributed by atoms with Crippen LogP contribution in [-0.2, 0) is 4.74 Å². The molecule has 2 atom stereocenters. The molecule has 0 spiro atoms. The third-order valence-corrected chi connectivity index (χ3v) is 4.26. The highest BCUT2D eigenvalue weighted by Gasteiger charge is 2.28. The third-order valence-electron chi connectivity index (χ3n) is 4.26. The van der Waals surface area contributed by atoms with E-state index in [4.69, 9.17) is 4.74 Å². The van der Waals surface area contributed by atoms with Gasteiger partial charge in [0.1, 0.15) is 0 Å². The lowest BCUT2D eigenvalue weighted by molar-refractivity contribution is 0.0961. The van der Waals surface area contributed by atoms with Gasteiger partial charge in [-0.1, -0.05) is 12.1 Å². The first-order chi connectivity index (χ1) is 9.25. The smallest absolute Gasteiger partial charge is 0.0766 e. The van der Waals surface area contributed by atoms with Gasteiger partial charge < -0.3 is 19.6 Å². The van der Waals surface area contributed by atoms with E-state index in [0.717, 1.165) is 26.1 Å². The molecular weight excluding hydrogens is 240 g/mol. The van der Waals surface area contributed by atoms with Gasteiger partial charge in [0, 0.05) is 39.2 Å². The molecule has 3 rings (SSSR count). The van der Waals surface area contributed by atoms with E-state index in [2.05, 4.69) is 41.1 Å². The molecule has 2 unspecified atom stereocenters. The largest absolute Gasteiger partial charge is 0.391 e. The van der Waals surface area contributed by atoms with Crippen LogP contribution in [0.25, 0.3) is 0 Å². The molecule has 0 saturated carbocycles. The van der Waals surface area contributed by atoms with Crippen molar-refractivity contribution in [2.24, 2.45) is 5.92 Å². The minimum absolute atomic E-state index is 0.293. The van der Waals surface area contributed by atoms with E-state index in [9.17, 15) is 5.11 Å². The monoisotopic (exact) mass is 262 g/mol. The maximum absolute atomic E-state index is 10.4. The van der Waals surface area contributed by atoms with Gasteiger partial charge >= 0.3 is 0 Å². The molecule has 0 radical (unpaired) electrons. The van der Waals surface area contributed by atoms with Gasteiger partial charge in [-0.15, -0.1) is 0 Å². The summed E-state index contributed by atoms with van der Waals surface area (Å²) in [7, 11) is 2.12. The lowest BCUT2D eigenvalue weighted by Gasteiger charge is -2.38. The number of β-amino-alcohol motifs (C(OH)–C–C–N with tert-alkyl or cyclic N) is 1. The second-order valence-electron chi connectivity index (χ2n) is 5.55. The molecule has 0 aliphatic carbocycles. The number of aliphatic hydroxyl groups excluding tert-OH is 1. The molecule has 2 aliphatic heterocycles. The van der Waals surface area contributed by atoms with Crippen LogP contribution in [0.4, 0.5) is 11.4 Å². The molecule has 0 amide bonds. The predicted molar refractivity (Wildman–Crippen MR) is 76.9 cm³/mol. The summed E-state index contributed by atoms with van der Waals surface area (Å²) in [4.78, 5) is 4.58. The summed E-state index contributed by atoms with van der Waals surface area (Å²) in [6, 6.07) is 8.42. The topological polar surface area (TPSA) is 35.9 Å². The van der Waals surface area contributed by atoms with Crippen LogP contribution < -0.4 is 9.80 Å². The second kappa shape index (κ2) is 5.39. The van der Waals surface area contributed by atoms with E-state index < -0.39 is 0 Å². The Hall–Kier alpha value is -1.26. The fourth-order valence-corrected chi connectivity index (χ4v) is 2.99. The zero-order valence-corrected chi connectivity index (χ0v) is 11.5. The van der Waals surface area contributed by atoms with Gasteiger partial charge in [0.05, 0.1) is 24.1 Å². The number of anilines is 2. The Morgan fingerprint density at radius 2 is 2.11 bits per heavy atom. The quantitative estimate of drug-likeness (QED) is 0.892. The number of para-hydroxylation sites is 2. The molecule has 1 N–H and O–H groups in total. The SMILES string of the molecule is CN1CCN(CC(O)C2CCOC2)c2ccccc21. The lowest BCUT2D eigenvalue weighted by atomic mass is 10.0. The maximum atomic E-state index is 10.4. The van der Waals surface area contributed by atoms with Gasteiger partial charge in [0.2, 0.25) is 0 Å². The fourth-order valence-electron chi connectivity index (χ4n) is 2.99. The first kappa shape index (κ1) is 12.8. The summed E-state index contributed by atoms with van der Waals surface area (Å²) in [6.45, 7) is 4.18. The zero-order valence-electron chi connectivity index (χ0n) is 11.5. The van der Waals surface area contributed by atoms with Crippen LogP contribution in [0.15, 0.2) is 24.3 Å². The van der Waals surface area contributed by atoms with Crippen molar-refractivity contribution in [2.75, 3.05) is 49.7 Å². The van der Waals surface area contributed by atoms with E-state index in [1.807, 2.05) is 0 Å². The Bertz CT molecular complexity index is 432. The highest BCUT2D eigenvalue weighted by atomic mass is 16.5. The molecule has 1 aromatic rings. The summed E-state index contributed by atoms with van der Waals surface area (Å²) in [5.41, 5.74) is 2.48. The van der Waals surface area contributed by atoms with Crippen LogP contribution in [-0.4, -0.2) is 51.1 Å². The number of rotatable bonds is 3. The fraction of sp³-hybridized carbons (Fsp3) is 0.600. The number of fused-ring (bicyclic) bond motifs is 1. The number of ether oxygens (including phenoxy) is 1. The molecule has 0 aromatic heterocycles. The first-order valence-corrected chi connectivity index (χ1v) is 7.06. The molecule has 1 aromatic carbocycles. The van der Waals surface area contributed by atoms with Gasteiger partial charge in [-0.25, -0.2) is 0 Å². The molecule has 2 aliphatic rings. The van der Waals surface area contributed by atoms with Crippen molar-refractivity contribution in [2.45, 2.75) is 12.5 Å². The number of benzene rings is 1. The number of likely N-dealkylation sites (N-methyl/N-ethyl adjacent to an activating group) is 1. The Morgan fingerprint density at radius 1 is 1.32 bits per heavy atom. The van der Waals surface area contributed by atoms with Crippen LogP contribution in [0, 0.1) is 5.92 Å². The molecule has 104 valence electrons. The van der Waals surface area contributed by atoms with Crippen molar-refractivity contribution in [1.82, 2.24) is 0 Å². The average molecular weight is 262 g/mol. The number of nitrogens with zero attached hydrogens (tertiary/aromatic N) is 2. The van der Waals surface area contributed by atoms with Gasteiger partial charge in [0.25, 0.3) is 0 Å². The van der Waals surface area contributed by atoms with Crippen molar-refractivity contribution in [1.29, 1.82) is 0 Å². The minimum atomic E-state index is -0.293. The zero-order chi connectivity index (χ0) is 13.2.